The van der Waals surface area contributed by atoms with Gasteiger partial charge in [-0.15, -0.1) is 0 Å². The molecule has 0 aliphatic heterocycles. The highest BCUT2D eigenvalue weighted by atomic mass is 79.9. The van der Waals surface area contributed by atoms with Crippen molar-refractivity contribution in [1.29, 1.82) is 0 Å². The Bertz CT molecular complexity index is 509. The van der Waals surface area contributed by atoms with E-state index in [9.17, 15) is 32.9 Å². The van der Waals surface area contributed by atoms with Crippen LogP contribution in [0.25, 0.3) is 0 Å². The first-order valence-electron chi connectivity index (χ1n) is 4.79. The van der Waals surface area contributed by atoms with Gasteiger partial charge < -0.3 is 15.3 Å². The van der Waals surface area contributed by atoms with Crippen molar-refractivity contribution in [2.24, 2.45) is 0 Å². The minimum Gasteiger partial charge on any atom is -0.508 e. The van der Waals surface area contributed by atoms with Crippen molar-refractivity contribution in [2.75, 3.05) is 0 Å². The zero-order valence-corrected chi connectivity index (χ0v) is 12.0. The molecule has 1 aliphatic rings. The lowest BCUT2D eigenvalue weighted by molar-refractivity contribution is -0.385. The van der Waals surface area contributed by atoms with Crippen LogP contribution in [-0.4, -0.2) is 30.4 Å². The average Bonchev–Trinajstić information content (AvgIpc) is 2.24. The number of phenolic OH excluding ortho intramolecular Hbond substituents is 2. The lowest BCUT2D eigenvalue weighted by atomic mass is 9.67. The lowest BCUT2D eigenvalue weighted by Crippen LogP contribution is -2.82. The molecule has 0 aromatic heterocycles. The van der Waals surface area contributed by atoms with E-state index in [1.165, 1.54) is 0 Å². The number of halogens is 6. The summed E-state index contributed by atoms with van der Waals surface area (Å²) in [6.07, 6.45) is 0. The van der Waals surface area contributed by atoms with Gasteiger partial charge in [0.25, 0.3) is 0 Å². The molecule has 1 atom stereocenters. The van der Waals surface area contributed by atoms with E-state index in [1.54, 1.807) is 0 Å². The van der Waals surface area contributed by atoms with Gasteiger partial charge in [-0.05, 0) is 17.7 Å². The van der Waals surface area contributed by atoms with E-state index in [-0.39, 0.29) is 0 Å². The van der Waals surface area contributed by atoms with Gasteiger partial charge in [-0.3, -0.25) is 0 Å². The number of aliphatic hydroxyl groups is 1. The Morgan fingerprint density at radius 1 is 0.842 bits per heavy atom. The molecule has 1 aromatic rings. The predicted octanol–water partition coefficient (Wildman–Crippen LogP) is 3.06. The summed E-state index contributed by atoms with van der Waals surface area (Å²) in [5.41, 5.74) is -4.10. The molecule has 0 bridgehead atoms. The maximum absolute atomic E-state index is 13.6. The van der Waals surface area contributed by atoms with E-state index in [2.05, 4.69) is 31.9 Å². The summed E-state index contributed by atoms with van der Waals surface area (Å²) in [7, 11) is 0. The molecule has 3 N–H and O–H groups in total. The molecular weight excluding hydrogens is 404 g/mol. The van der Waals surface area contributed by atoms with E-state index in [4.69, 9.17) is 0 Å². The molecule has 0 heterocycles. The standard InChI is InChI=1S/C10H6Br2F4O3/c11-8(12)7(19,9(13,14)10(8,15)16)4-1-5(17)3-6(18)2-4/h1-3,17-19H. The molecule has 0 amide bonds. The van der Waals surface area contributed by atoms with Gasteiger partial charge in [-0.1, -0.05) is 31.9 Å². The maximum Gasteiger partial charge on any atom is 0.347 e. The summed E-state index contributed by atoms with van der Waals surface area (Å²) in [5, 5.41) is 28.4. The molecule has 3 nitrogen and oxygen atoms in total. The van der Waals surface area contributed by atoms with Gasteiger partial charge in [0.15, 0.2) is 8.83 Å². The van der Waals surface area contributed by atoms with Crippen LogP contribution in [0.2, 0.25) is 0 Å². The van der Waals surface area contributed by atoms with Gasteiger partial charge in [0.2, 0.25) is 0 Å². The normalized spacial score (nSPS) is 30.7. The van der Waals surface area contributed by atoms with Gasteiger partial charge >= 0.3 is 11.8 Å². The Hall–Kier alpha value is -0.540. The van der Waals surface area contributed by atoms with E-state index in [1.807, 2.05) is 0 Å². The van der Waals surface area contributed by atoms with E-state index in [0.29, 0.717) is 12.1 Å². The minimum atomic E-state index is -4.80. The number of alkyl halides is 6. The molecular formula is C10H6Br2F4O3. The Morgan fingerprint density at radius 3 is 1.63 bits per heavy atom. The summed E-state index contributed by atoms with van der Waals surface area (Å²) in [5.74, 6) is -10.7. The third-order valence-electron chi connectivity index (χ3n) is 3.02. The molecule has 0 spiro atoms. The largest absolute Gasteiger partial charge is 0.508 e. The first-order valence-corrected chi connectivity index (χ1v) is 6.37. The number of rotatable bonds is 1. The number of aromatic hydroxyl groups is 2. The van der Waals surface area contributed by atoms with Gasteiger partial charge in [-0.2, -0.15) is 17.6 Å². The monoisotopic (exact) mass is 408 g/mol. The molecule has 9 heteroatoms. The smallest absolute Gasteiger partial charge is 0.347 e. The topological polar surface area (TPSA) is 60.7 Å². The SMILES string of the molecule is Oc1cc(O)cc(C2(O)C(F)(F)C(F)(F)C2(Br)Br)c1. The van der Waals surface area contributed by atoms with Crippen molar-refractivity contribution in [2.45, 2.75) is 20.7 Å². The van der Waals surface area contributed by atoms with Crippen LogP contribution >= 0.6 is 31.9 Å². The van der Waals surface area contributed by atoms with Crippen LogP contribution in [0.3, 0.4) is 0 Å². The molecule has 1 unspecified atom stereocenters. The van der Waals surface area contributed by atoms with Crippen LogP contribution in [0.1, 0.15) is 5.56 Å². The summed E-state index contributed by atoms with van der Waals surface area (Å²) in [6, 6.07) is 2.15. The van der Waals surface area contributed by atoms with Gasteiger partial charge in [-0.25, -0.2) is 0 Å². The molecule has 1 fully saturated rings. The van der Waals surface area contributed by atoms with Crippen molar-refractivity contribution >= 4 is 31.9 Å². The Balaban J connectivity index is 2.66. The third-order valence-corrected chi connectivity index (χ3v) is 5.16. The lowest BCUT2D eigenvalue weighted by Gasteiger charge is -2.59. The first kappa shape index (κ1) is 14.9. The molecule has 1 saturated carbocycles. The summed E-state index contributed by atoms with van der Waals surface area (Å²) in [4.78, 5) is 0. The van der Waals surface area contributed by atoms with Crippen LogP contribution < -0.4 is 0 Å². The first-order chi connectivity index (χ1) is 8.39. The van der Waals surface area contributed by atoms with E-state index < -0.39 is 37.7 Å². The molecule has 0 radical (unpaired) electrons. The van der Waals surface area contributed by atoms with E-state index >= 15 is 0 Å². The van der Waals surface area contributed by atoms with Crippen LogP contribution in [-0.2, 0) is 5.60 Å². The Morgan fingerprint density at radius 2 is 1.26 bits per heavy atom. The van der Waals surface area contributed by atoms with Crippen LogP contribution in [0.4, 0.5) is 17.6 Å². The molecule has 2 rings (SSSR count). The van der Waals surface area contributed by atoms with Crippen molar-refractivity contribution in [1.82, 2.24) is 0 Å². The van der Waals surface area contributed by atoms with Crippen LogP contribution in [0.5, 0.6) is 11.5 Å². The highest BCUT2D eigenvalue weighted by Gasteiger charge is 2.94. The summed E-state index contributed by atoms with van der Waals surface area (Å²) in [6.45, 7) is 0. The quantitative estimate of drug-likeness (QED) is 0.493. The van der Waals surface area contributed by atoms with Gasteiger partial charge in [0.05, 0.1) is 0 Å². The van der Waals surface area contributed by atoms with E-state index in [0.717, 1.165) is 6.07 Å². The van der Waals surface area contributed by atoms with Crippen molar-refractivity contribution in [3.8, 4) is 11.5 Å². The fraction of sp³-hybridized carbons (Fsp3) is 0.400. The zero-order chi connectivity index (χ0) is 14.9. The second kappa shape index (κ2) is 3.76. The average molecular weight is 410 g/mol. The Kier molecular flexibility index (Phi) is 2.94. The summed E-state index contributed by atoms with van der Waals surface area (Å²) < 4.78 is 51.0. The summed E-state index contributed by atoms with van der Waals surface area (Å²) >= 11 is 4.69. The van der Waals surface area contributed by atoms with Gasteiger partial charge in [0.1, 0.15) is 11.5 Å². The maximum atomic E-state index is 13.6. The van der Waals surface area contributed by atoms with Crippen LogP contribution in [0.15, 0.2) is 18.2 Å². The fourth-order valence-electron chi connectivity index (χ4n) is 1.95. The minimum absolute atomic E-state index is 0.648. The molecule has 1 aliphatic carbocycles. The highest BCUT2D eigenvalue weighted by molar-refractivity contribution is 9.25. The zero-order valence-electron chi connectivity index (χ0n) is 8.84. The van der Waals surface area contributed by atoms with Crippen molar-refractivity contribution in [3.63, 3.8) is 0 Å². The second-order valence-electron chi connectivity index (χ2n) is 4.17. The highest BCUT2D eigenvalue weighted by Crippen LogP contribution is 2.74. The third kappa shape index (κ3) is 1.46. The molecule has 19 heavy (non-hydrogen) atoms. The predicted molar refractivity (Wildman–Crippen MR) is 64.1 cm³/mol. The number of hydrogen-bond acceptors (Lipinski definition) is 3. The van der Waals surface area contributed by atoms with Gasteiger partial charge in [0, 0.05) is 6.07 Å². The van der Waals surface area contributed by atoms with Crippen molar-refractivity contribution in [3.05, 3.63) is 23.8 Å². The number of benzene rings is 1. The number of hydrogen-bond donors (Lipinski definition) is 3. The number of phenols is 2. The molecule has 1 aromatic carbocycles. The fourth-order valence-corrected chi connectivity index (χ4v) is 3.41. The van der Waals surface area contributed by atoms with Crippen LogP contribution in [0, 0.1) is 0 Å². The Labute approximate surface area is 121 Å². The molecule has 106 valence electrons. The van der Waals surface area contributed by atoms with Crippen molar-refractivity contribution < 1.29 is 32.9 Å². The molecule has 0 saturated heterocycles. The second-order valence-corrected chi connectivity index (χ2v) is 7.61.